The van der Waals surface area contributed by atoms with Gasteiger partial charge in [-0.3, -0.25) is 0 Å². The Morgan fingerprint density at radius 1 is 1.16 bits per heavy atom. The molecule has 3 aromatic rings. The Balaban J connectivity index is 1.50. The van der Waals surface area contributed by atoms with Crippen molar-refractivity contribution >= 4 is 6.09 Å². The molecule has 8 heteroatoms. The molecule has 0 aliphatic carbocycles. The molecule has 0 aliphatic heterocycles. The summed E-state index contributed by atoms with van der Waals surface area (Å²) in [7, 11) is 1.62. The van der Waals surface area contributed by atoms with E-state index in [-0.39, 0.29) is 19.1 Å². The number of alkyl carbamates (subject to hydrolysis) is 1. The third-order valence-electron chi connectivity index (χ3n) is 4.90. The van der Waals surface area contributed by atoms with Gasteiger partial charge in [0.05, 0.1) is 26.2 Å². The zero-order chi connectivity index (χ0) is 22.1. The van der Waals surface area contributed by atoms with Gasteiger partial charge < -0.3 is 24.4 Å². The number of rotatable bonds is 10. The van der Waals surface area contributed by atoms with Crippen LogP contribution in [0.4, 0.5) is 4.79 Å². The molecule has 2 N–H and O–H groups in total. The van der Waals surface area contributed by atoms with Crippen LogP contribution in [0.5, 0.6) is 5.75 Å². The first-order chi connectivity index (χ1) is 15.1. The molecule has 2 unspecified atom stereocenters. The van der Waals surface area contributed by atoms with Crippen molar-refractivity contribution in [2.24, 2.45) is 5.92 Å². The summed E-state index contributed by atoms with van der Waals surface area (Å²) < 4.78 is 15.8. The van der Waals surface area contributed by atoms with Crippen molar-refractivity contribution < 1.29 is 23.9 Å². The van der Waals surface area contributed by atoms with Crippen molar-refractivity contribution in [2.45, 2.75) is 32.4 Å². The Morgan fingerprint density at radius 3 is 2.68 bits per heavy atom. The van der Waals surface area contributed by atoms with E-state index < -0.39 is 12.1 Å². The summed E-state index contributed by atoms with van der Waals surface area (Å²) in [4.78, 5) is 16.5. The number of nitrogens with zero attached hydrogens (tertiary/aromatic N) is 2. The van der Waals surface area contributed by atoms with Gasteiger partial charge in [-0.2, -0.15) is 4.98 Å². The summed E-state index contributed by atoms with van der Waals surface area (Å²) in [5, 5.41) is 16.4. The maximum Gasteiger partial charge on any atom is 0.407 e. The fraction of sp³-hybridized carbons (Fsp3) is 0.348. The first-order valence-electron chi connectivity index (χ1n) is 10.1. The van der Waals surface area contributed by atoms with Crippen molar-refractivity contribution in [2.75, 3.05) is 13.7 Å². The van der Waals surface area contributed by atoms with E-state index in [1.165, 1.54) is 0 Å². The summed E-state index contributed by atoms with van der Waals surface area (Å²) in [5.74, 6) is 1.65. The number of aromatic nitrogens is 2. The lowest BCUT2D eigenvalue weighted by Crippen LogP contribution is -2.43. The lowest BCUT2D eigenvalue weighted by molar-refractivity contribution is 0.121. The molecule has 0 radical (unpaired) electrons. The van der Waals surface area contributed by atoms with E-state index in [0.717, 1.165) is 16.9 Å². The Labute approximate surface area is 181 Å². The van der Waals surface area contributed by atoms with Crippen LogP contribution in [0.3, 0.4) is 0 Å². The highest BCUT2D eigenvalue weighted by Crippen LogP contribution is 2.16. The van der Waals surface area contributed by atoms with E-state index in [4.69, 9.17) is 14.0 Å². The smallest absolute Gasteiger partial charge is 0.407 e. The topological polar surface area (TPSA) is 107 Å². The van der Waals surface area contributed by atoms with Crippen LogP contribution in [0, 0.1) is 5.92 Å². The minimum absolute atomic E-state index is 0.128. The van der Waals surface area contributed by atoms with Crippen molar-refractivity contribution in [1.82, 2.24) is 15.5 Å². The lowest BCUT2D eigenvalue weighted by atomic mass is 9.99. The van der Waals surface area contributed by atoms with Crippen molar-refractivity contribution in [3.05, 3.63) is 77.4 Å². The minimum atomic E-state index is -0.582. The number of amides is 1. The lowest BCUT2D eigenvalue weighted by Gasteiger charge is -2.22. The Morgan fingerprint density at radius 2 is 1.94 bits per heavy atom. The number of hydrogen-bond acceptors (Lipinski definition) is 7. The molecule has 1 aromatic heterocycles. The van der Waals surface area contributed by atoms with Crippen LogP contribution in [0.1, 0.15) is 29.8 Å². The minimum Gasteiger partial charge on any atom is -0.497 e. The van der Waals surface area contributed by atoms with E-state index in [1.54, 1.807) is 7.11 Å². The summed E-state index contributed by atoms with van der Waals surface area (Å²) in [6.07, 6.45) is 0.347. The van der Waals surface area contributed by atoms with Gasteiger partial charge in [0.2, 0.25) is 5.89 Å². The van der Waals surface area contributed by atoms with E-state index in [1.807, 2.05) is 61.5 Å². The van der Waals surface area contributed by atoms with Gasteiger partial charge >= 0.3 is 6.09 Å². The van der Waals surface area contributed by atoms with Gasteiger partial charge in [0.25, 0.3) is 0 Å². The van der Waals surface area contributed by atoms with Crippen LogP contribution in [-0.2, 0) is 24.2 Å². The zero-order valence-corrected chi connectivity index (χ0v) is 17.7. The average Bonchev–Trinajstić information content (AvgIpc) is 3.23. The number of methoxy groups -OCH3 is 1. The molecule has 2 aromatic carbocycles. The van der Waals surface area contributed by atoms with E-state index in [9.17, 15) is 9.90 Å². The monoisotopic (exact) mass is 425 g/mol. The van der Waals surface area contributed by atoms with Gasteiger partial charge in [0, 0.05) is 6.42 Å². The van der Waals surface area contributed by atoms with Gasteiger partial charge in [0.15, 0.2) is 5.82 Å². The van der Waals surface area contributed by atoms with Crippen molar-refractivity contribution in [3.63, 3.8) is 0 Å². The van der Waals surface area contributed by atoms with Gasteiger partial charge in [-0.05, 0) is 29.2 Å². The number of ether oxygens (including phenoxy) is 2. The second-order valence-corrected chi connectivity index (χ2v) is 7.31. The Kier molecular flexibility index (Phi) is 8.00. The molecular formula is C23H27N3O5. The first kappa shape index (κ1) is 22.3. The van der Waals surface area contributed by atoms with Crippen LogP contribution in [0.2, 0.25) is 0 Å². The van der Waals surface area contributed by atoms with Gasteiger partial charge in [-0.15, -0.1) is 0 Å². The molecule has 2 atom stereocenters. The van der Waals surface area contributed by atoms with Gasteiger partial charge in [-0.1, -0.05) is 54.5 Å². The Hall–Kier alpha value is -3.39. The summed E-state index contributed by atoms with van der Waals surface area (Å²) >= 11 is 0. The third-order valence-corrected chi connectivity index (χ3v) is 4.90. The molecule has 0 fully saturated rings. The van der Waals surface area contributed by atoms with Gasteiger partial charge in [-0.25, -0.2) is 4.79 Å². The summed E-state index contributed by atoms with van der Waals surface area (Å²) in [5.41, 5.74) is 1.89. The molecule has 0 saturated heterocycles. The molecule has 0 saturated carbocycles. The maximum atomic E-state index is 12.1. The van der Waals surface area contributed by atoms with E-state index in [0.29, 0.717) is 24.6 Å². The second kappa shape index (κ2) is 11.1. The number of benzene rings is 2. The SMILES string of the molecule is COc1cccc(Cc2nc(CC(C)C(CO)NC(=O)OCc3ccccc3)no2)c1. The number of aliphatic hydroxyl groups is 1. The van der Waals surface area contributed by atoms with Crippen LogP contribution in [0.15, 0.2) is 59.1 Å². The molecule has 3 rings (SSSR count). The molecule has 8 nitrogen and oxygen atoms in total. The second-order valence-electron chi connectivity index (χ2n) is 7.31. The zero-order valence-electron chi connectivity index (χ0n) is 17.7. The van der Waals surface area contributed by atoms with Crippen molar-refractivity contribution in [3.8, 4) is 5.75 Å². The highest BCUT2D eigenvalue weighted by Gasteiger charge is 2.22. The predicted octanol–water partition coefficient (Wildman–Crippen LogP) is 3.13. The van der Waals surface area contributed by atoms with Crippen LogP contribution in [-0.4, -0.2) is 41.1 Å². The van der Waals surface area contributed by atoms with E-state index in [2.05, 4.69) is 15.5 Å². The standard InChI is InChI=1S/C23H27N3O5/c1-16(20(14-27)24-23(28)30-15-17-7-4-3-5-8-17)11-21-25-22(31-26-21)13-18-9-6-10-19(12-18)29-2/h3-10,12,16,20,27H,11,13-15H2,1-2H3,(H,24,28). The van der Waals surface area contributed by atoms with Gasteiger partial charge in [0.1, 0.15) is 12.4 Å². The Bertz CT molecular complexity index is 961. The molecule has 0 spiro atoms. The third kappa shape index (κ3) is 6.82. The van der Waals surface area contributed by atoms with Crippen molar-refractivity contribution in [1.29, 1.82) is 0 Å². The summed E-state index contributed by atoms with van der Waals surface area (Å²) in [6, 6.07) is 16.6. The van der Waals surface area contributed by atoms with Crippen LogP contribution in [0.25, 0.3) is 0 Å². The highest BCUT2D eigenvalue weighted by atomic mass is 16.5. The molecule has 31 heavy (non-hydrogen) atoms. The maximum absolute atomic E-state index is 12.1. The van der Waals surface area contributed by atoms with E-state index >= 15 is 0 Å². The first-order valence-corrected chi connectivity index (χ1v) is 10.1. The fourth-order valence-electron chi connectivity index (χ4n) is 3.12. The average molecular weight is 425 g/mol. The normalized spacial score (nSPS) is 12.7. The number of nitrogens with one attached hydrogen (secondary N) is 1. The number of aliphatic hydroxyl groups excluding tert-OH is 1. The van der Waals surface area contributed by atoms with Crippen LogP contribution >= 0.6 is 0 Å². The molecule has 0 bridgehead atoms. The molecule has 1 amide bonds. The predicted molar refractivity (Wildman–Crippen MR) is 114 cm³/mol. The molecule has 0 aliphatic rings. The molecule has 164 valence electrons. The fourth-order valence-corrected chi connectivity index (χ4v) is 3.12. The number of carbonyl (C=O) groups is 1. The number of hydrogen-bond donors (Lipinski definition) is 2. The summed E-state index contributed by atoms with van der Waals surface area (Å²) in [6.45, 7) is 1.84. The number of carbonyl (C=O) groups excluding carboxylic acids is 1. The quantitative estimate of drug-likeness (QED) is 0.514. The molecular weight excluding hydrogens is 398 g/mol. The molecule has 1 heterocycles. The van der Waals surface area contributed by atoms with Crippen LogP contribution < -0.4 is 10.1 Å². The highest BCUT2D eigenvalue weighted by molar-refractivity contribution is 5.67. The largest absolute Gasteiger partial charge is 0.497 e.